The lowest BCUT2D eigenvalue weighted by atomic mass is 9.79. The van der Waals surface area contributed by atoms with Crippen LogP contribution in [0.5, 0.6) is 5.75 Å². The van der Waals surface area contributed by atoms with Crippen molar-refractivity contribution in [3.05, 3.63) is 222 Å². The molecule has 0 N–H and O–H groups in total. The van der Waals surface area contributed by atoms with Crippen LogP contribution < -0.4 is 4.74 Å². The molecular formula is C66H50O. The van der Waals surface area contributed by atoms with Crippen LogP contribution in [0.15, 0.2) is 194 Å². The van der Waals surface area contributed by atoms with E-state index >= 15 is 0 Å². The molecule has 0 heterocycles. The van der Waals surface area contributed by atoms with Crippen molar-refractivity contribution in [1.82, 2.24) is 0 Å². The quantitative estimate of drug-likeness (QED) is 0.157. The molecule has 0 atom stereocenters. The molecule has 0 saturated heterocycles. The van der Waals surface area contributed by atoms with Crippen LogP contribution in [0.1, 0.15) is 55.5 Å². The Labute approximate surface area is 393 Å². The lowest BCUT2D eigenvalue weighted by molar-refractivity contribution is 0.412. The summed E-state index contributed by atoms with van der Waals surface area (Å²) >= 11 is 0. The summed E-state index contributed by atoms with van der Waals surface area (Å²) in [5.41, 5.74) is 21.8. The molecule has 0 spiro atoms. The summed E-state index contributed by atoms with van der Waals surface area (Å²) in [4.78, 5) is 0. The minimum atomic E-state index is -0.233. The van der Waals surface area contributed by atoms with Gasteiger partial charge in [0.25, 0.3) is 0 Å². The predicted molar refractivity (Wildman–Crippen MR) is 285 cm³/mol. The van der Waals surface area contributed by atoms with E-state index in [0.29, 0.717) is 0 Å². The van der Waals surface area contributed by atoms with Crippen molar-refractivity contribution < 1.29 is 4.74 Å². The van der Waals surface area contributed by atoms with Gasteiger partial charge in [-0.05, 0) is 175 Å². The lowest BCUT2D eigenvalue weighted by Gasteiger charge is -2.24. The highest BCUT2D eigenvalue weighted by atomic mass is 16.5. The van der Waals surface area contributed by atoms with E-state index in [4.69, 9.17) is 4.74 Å². The average Bonchev–Trinajstić information content (AvgIpc) is 3.72. The van der Waals surface area contributed by atoms with Gasteiger partial charge >= 0.3 is 0 Å². The summed E-state index contributed by atoms with van der Waals surface area (Å²) in [6.45, 7) is 11.7. The van der Waals surface area contributed by atoms with Gasteiger partial charge in [-0.25, -0.2) is 0 Å². The number of hydrogen-bond donors (Lipinski definition) is 0. The van der Waals surface area contributed by atoms with Crippen LogP contribution in [-0.2, 0) is 10.8 Å². The van der Waals surface area contributed by atoms with Gasteiger partial charge in [-0.15, -0.1) is 0 Å². The molecule has 1 heteroatoms. The Morgan fingerprint density at radius 1 is 0.299 bits per heavy atom. The number of rotatable bonds is 5. The second-order valence-electron chi connectivity index (χ2n) is 19.9. The summed E-state index contributed by atoms with van der Waals surface area (Å²) in [5, 5.41) is 10.2. The van der Waals surface area contributed by atoms with Crippen LogP contribution in [-0.4, -0.2) is 7.11 Å². The maximum Gasteiger partial charge on any atom is 0.121 e. The van der Waals surface area contributed by atoms with E-state index in [2.05, 4.69) is 229 Å². The van der Waals surface area contributed by atoms with E-state index in [1.807, 2.05) is 0 Å². The molecule has 11 aromatic carbocycles. The molecule has 0 bridgehead atoms. The first-order chi connectivity index (χ1) is 32.6. The number of benzene rings is 11. The fourth-order valence-electron chi connectivity index (χ4n) is 12.4. The fraction of sp³-hybridized carbons (Fsp3) is 0.121. The standard InChI is InChI=1S/C66H50O/c1-39-35-40(30-34-60(39)67-6)61-48-18-7-9-20-50(48)63(51-21-10-8-19-49(51)61)42-28-32-46-47-33-29-43(38-59(47)66(4,5)58(46)37-42)64-54-24-13-11-22-52(54)62(53-23-12-14-25-55(53)64)41-27-31-45-44-17-15-16-26-56(44)65(2,3)57(45)36-41/h7-38H,1-6H3. The van der Waals surface area contributed by atoms with Crippen molar-refractivity contribution in [3.63, 3.8) is 0 Å². The molecule has 0 unspecified atom stereocenters. The first kappa shape index (κ1) is 39.6. The predicted octanol–water partition coefficient (Wildman–Crippen LogP) is 17.9. The van der Waals surface area contributed by atoms with Crippen LogP contribution in [0.25, 0.3) is 110 Å². The monoisotopic (exact) mass is 858 g/mol. The van der Waals surface area contributed by atoms with Crippen molar-refractivity contribution in [2.75, 3.05) is 7.11 Å². The molecule has 0 fully saturated rings. The largest absolute Gasteiger partial charge is 0.496 e. The average molecular weight is 859 g/mol. The first-order valence-electron chi connectivity index (χ1n) is 23.7. The van der Waals surface area contributed by atoms with Crippen LogP contribution in [0.4, 0.5) is 0 Å². The molecule has 320 valence electrons. The molecule has 2 aliphatic carbocycles. The van der Waals surface area contributed by atoms with E-state index in [-0.39, 0.29) is 10.8 Å². The molecule has 0 aromatic heterocycles. The van der Waals surface area contributed by atoms with Crippen molar-refractivity contribution in [2.45, 2.75) is 45.4 Å². The normalized spacial score (nSPS) is 14.1. The number of methoxy groups -OCH3 is 1. The van der Waals surface area contributed by atoms with Gasteiger partial charge in [0.2, 0.25) is 0 Å². The van der Waals surface area contributed by atoms with Gasteiger partial charge in [0.05, 0.1) is 7.11 Å². The van der Waals surface area contributed by atoms with Crippen molar-refractivity contribution in [1.29, 1.82) is 0 Å². The van der Waals surface area contributed by atoms with Gasteiger partial charge in [-0.1, -0.05) is 191 Å². The minimum absolute atomic E-state index is 0.0770. The van der Waals surface area contributed by atoms with E-state index in [9.17, 15) is 0 Å². The highest BCUT2D eigenvalue weighted by Gasteiger charge is 2.38. The van der Waals surface area contributed by atoms with Gasteiger partial charge in [0.15, 0.2) is 0 Å². The molecule has 0 amide bonds. The maximum atomic E-state index is 5.67. The second-order valence-corrected chi connectivity index (χ2v) is 19.9. The summed E-state index contributed by atoms with van der Waals surface area (Å²) in [6.07, 6.45) is 0. The van der Waals surface area contributed by atoms with Crippen LogP contribution in [0, 0.1) is 6.92 Å². The van der Waals surface area contributed by atoms with Crippen molar-refractivity contribution in [2.24, 2.45) is 0 Å². The third kappa shape index (κ3) is 5.61. The van der Waals surface area contributed by atoms with E-state index < -0.39 is 0 Å². The maximum absolute atomic E-state index is 5.67. The van der Waals surface area contributed by atoms with E-state index in [0.717, 1.165) is 11.3 Å². The Morgan fingerprint density at radius 2 is 0.582 bits per heavy atom. The Morgan fingerprint density at radius 3 is 0.925 bits per heavy atom. The lowest BCUT2D eigenvalue weighted by Crippen LogP contribution is -2.15. The van der Waals surface area contributed by atoms with Gasteiger partial charge in [0.1, 0.15) is 5.75 Å². The summed E-state index contributed by atoms with van der Waals surface area (Å²) in [7, 11) is 1.74. The highest BCUT2D eigenvalue weighted by Crippen LogP contribution is 2.55. The van der Waals surface area contributed by atoms with E-state index in [1.54, 1.807) is 7.11 Å². The van der Waals surface area contributed by atoms with Gasteiger partial charge in [-0.3, -0.25) is 0 Å². The van der Waals surface area contributed by atoms with Crippen LogP contribution in [0.3, 0.4) is 0 Å². The van der Waals surface area contributed by atoms with Gasteiger partial charge in [-0.2, -0.15) is 0 Å². The molecule has 0 saturated carbocycles. The van der Waals surface area contributed by atoms with Crippen LogP contribution in [0.2, 0.25) is 0 Å². The zero-order chi connectivity index (χ0) is 45.3. The number of ether oxygens (including phenoxy) is 1. The highest BCUT2D eigenvalue weighted by molar-refractivity contribution is 6.23. The molecule has 67 heavy (non-hydrogen) atoms. The van der Waals surface area contributed by atoms with Gasteiger partial charge < -0.3 is 4.74 Å². The Bertz CT molecular complexity index is 3800. The molecule has 0 radical (unpaired) electrons. The fourth-order valence-corrected chi connectivity index (χ4v) is 12.4. The Balaban J connectivity index is 0.957. The SMILES string of the molecule is COc1ccc(-c2c3ccccc3c(-c3ccc4c(c3)C(C)(C)c3cc(-c5c6ccccc6c(-c6ccc7c(c6)C(C)(C)c6ccccc6-7)c6ccccc56)ccc3-4)c3ccccc23)cc1C. The van der Waals surface area contributed by atoms with Crippen LogP contribution >= 0.6 is 0 Å². The first-order valence-corrected chi connectivity index (χ1v) is 23.7. The molecule has 1 nitrogen and oxygen atoms in total. The summed E-state index contributed by atoms with van der Waals surface area (Å²) < 4.78 is 5.67. The third-order valence-corrected chi connectivity index (χ3v) is 15.7. The van der Waals surface area contributed by atoms with Crippen molar-refractivity contribution >= 4 is 43.1 Å². The number of fused-ring (bicyclic) bond motifs is 10. The smallest absolute Gasteiger partial charge is 0.121 e. The van der Waals surface area contributed by atoms with E-state index in [1.165, 1.54) is 132 Å². The van der Waals surface area contributed by atoms with Crippen molar-refractivity contribution in [3.8, 4) is 72.5 Å². The number of aryl methyl sites for hydroxylation is 1. The molecule has 0 aliphatic heterocycles. The summed E-state index contributed by atoms with van der Waals surface area (Å²) in [6, 6.07) is 73.3. The molecule has 11 aromatic rings. The van der Waals surface area contributed by atoms with Gasteiger partial charge in [0, 0.05) is 10.8 Å². The molecule has 2 aliphatic rings. The Kier molecular flexibility index (Phi) is 8.50. The molecular weight excluding hydrogens is 809 g/mol. The minimum Gasteiger partial charge on any atom is -0.496 e. The topological polar surface area (TPSA) is 9.23 Å². The number of hydrogen-bond acceptors (Lipinski definition) is 1. The zero-order valence-corrected chi connectivity index (χ0v) is 38.9. The second kappa shape index (κ2) is 14.4. The Hall–Kier alpha value is -7.74. The third-order valence-electron chi connectivity index (χ3n) is 15.7. The zero-order valence-electron chi connectivity index (χ0n) is 38.9. The molecule has 13 rings (SSSR count). The summed E-state index contributed by atoms with van der Waals surface area (Å²) in [5.74, 6) is 0.907.